The summed E-state index contributed by atoms with van der Waals surface area (Å²) in [6.07, 6.45) is -31.9. The fraction of sp³-hybridized carbons (Fsp3) is 0.929. The minimum Gasteiger partial charge on any atom is -0.394 e. The molecule has 51 heavy (non-hydrogen) atoms. The lowest BCUT2D eigenvalue weighted by Gasteiger charge is -2.50. The first-order chi connectivity index (χ1) is 24.1. The predicted octanol–water partition coefficient (Wildman–Crippen LogP) is -9.46. The summed E-state index contributed by atoms with van der Waals surface area (Å²) >= 11 is 0. The van der Waals surface area contributed by atoms with Crippen LogP contribution in [0.4, 0.5) is 0 Å². The zero-order valence-corrected chi connectivity index (χ0v) is 27.4. The molecule has 0 saturated carbocycles. The first-order valence-electron chi connectivity index (χ1n) is 16.1. The molecule has 2 amide bonds. The Balaban J connectivity index is 1.63. The van der Waals surface area contributed by atoms with E-state index >= 15 is 0 Å². The number of aliphatic hydroxyl groups is 12. The molecule has 4 saturated heterocycles. The second-order valence-corrected chi connectivity index (χ2v) is 12.6. The highest BCUT2D eigenvalue weighted by Gasteiger charge is 2.56. The molecular weight excluding hydrogens is 700 g/mol. The Morgan fingerprint density at radius 3 is 1.33 bits per heavy atom. The molecule has 0 aromatic heterocycles. The lowest BCUT2D eigenvalue weighted by atomic mass is 9.94. The van der Waals surface area contributed by atoms with Crippen LogP contribution in [0, 0.1) is 0 Å². The van der Waals surface area contributed by atoms with E-state index in [-0.39, 0.29) is 0 Å². The van der Waals surface area contributed by atoms with Gasteiger partial charge in [-0.05, 0) is 0 Å². The van der Waals surface area contributed by atoms with Crippen LogP contribution in [0.2, 0.25) is 0 Å². The van der Waals surface area contributed by atoms with Gasteiger partial charge in [0, 0.05) is 13.8 Å². The van der Waals surface area contributed by atoms with Gasteiger partial charge in [0.05, 0.1) is 26.4 Å². The number of hydrogen-bond donors (Lipinski definition) is 14. The van der Waals surface area contributed by atoms with Crippen LogP contribution in [0.1, 0.15) is 13.8 Å². The van der Waals surface area contributed by atoms with Crippen LogP contribution in [-0.2, 0) is 42.7 Å². The Bertz CT molecular complexity index is 1140. The van der Waals surface area contributed by atoms with E-state index in [1.807, 2.05) is 0 Å². The van der Waals surface area contributed by atoms with Crippen LogP contribution in [0.25, 0.3) is 0 Å². The van der Waals surface area contributed by atoms with Gasteiger partial charge in [-0.25, -0.2) is 0 Å². The van der Waals surface area contributed by atoms with Crippen molar-refractivity contribution in [3.63, 3.8) is 0 Å². The first-order valence-corrected chi connectivity index (χ1v) is 16.1. The van der Waals surface area contributed by atoms with Gasteiger partial charge in [-0.2, -0.15) is 0 Å². The van der Waals surface area contributed by atoms with E-state index < -0.39 is 161 Å². The van der Waals surface area contributed by atoms with Crippen LogP contribution in [0.3, 0.4) is 0 Å². The molecule has 0 aromatic carbocycles. The predicted molar refractivity (Wildman–Crippen MR) is 157 cm³/mol. The van der Waals surface area contributed by atoms with Crippen molar-refractivity contribution in [2.24, 2.45) is 0 Å². The first kappa shape index (κ1) is 41.9. The largest absolute Gasteiger partial charge is 0.394 e. The van der Waals surface area contributed by atoms with Crippen molar-refractivity contribution < 1.29 is 104 Å². The summed E-state index contributed by atoms with van der Waals surface area (Å²) < 4.78 is 39.2. The topological polar surface area (TPSA) is 366 Å². The zero-order valence-electron chi connectivity index (χ0n) is 27.4. The molecule has 4 aliphatic rings. The maximum Gasteiger partial charge on any atom is 0.217 e. The molecule has 0 radical (unpaired) electrons. The summed E-state index contributed by atoms with van der Waals surface area (Å²) in [7, 11) is 0. The van der Waals surface area contributed by atoms with Gasteiger partial charge in [0.15, 0.2) is 25.2 Å². The maximum absolute atomic E-state index is 12.3. The molecule has 0 aliphatic carbocycles. The van der Waals surface area contributed by atoms with E-state index in [2.05, 4.69) is 10.6 Å². The third-order valence-electron chi connectivity index (χ3n) is 9.01. The van der Waals surface area contributed by atoms with Crippen molar-refractivity contribution in [1.29, 1.82) is 0 Å². The third kappa shape index (κ3) is 9.11. The molecule has 4 fully saturated rings. The average Bonchev–Trinajstić information content (AvgIpc) is 3.08. The number of carbonyl (C=O) groups excluding carboxylic acids is 2. The SMILES string of the molecule is CC(=O)N[C@@H]1[C@@H](O[C@@H]2O[C@H](CO)[C@H](O)[C@H](O[C@@H]3O[C@H](CO)[C@@H](O)[C@H](O[C@@H]4O[C@H](CO)[C@H](O)[C@H](O)[C@H]4O)[C@H]3NC(C)=O)[C@H]2O)[C@@H](O)[C@@H](CO)O[C@H]1O. The maximum atomic E-state index is 12.3. The van der Waals surface area contributed by atoms with Crippen molar-refractivity contribution in [3.05, 3.63) is 0 Å². The Hall–Kier alpha value is -1.82. The van der Waals surface area contributed by atoms with Gasteiger partial charge in [0.1, 0.15) is 97.5 Å². The van der Waals surface area contributed by atoms with Crippen LogP contribution in [0.15, 0.2) is 0 Å². The molecule has 23 heteroatoms. The van der Waals surface area contributed by atoms with Gasteiger partial charge in [-0.3, -0.25) is 9.59 Å². The summed E-state index contributed by atoms with van der Waals surface area (Å²) in [5, 5.41) is 130. The summed E-state index contributed by atoms with van der Waals surface area (Å²) in [4.78, 5) is 24.2. The van der Waals surface area contributed by atoms with Gasteiger partial charge >= 0.3 is 0 Å². The van der Waals surface area contributed by atoms with Crippen molar-refractivity contribution in [2.45, 2.75) is 137 Å². The number of rotatable bonds is 12. The molecule has 23 nitrogen and oxygen atoms in total. The second kappa shape index (κ2) is 18.0. The highest BCUT2D eigenvalue weighted by Crippen LogP contribution is 2.34. The molecule has 0 unspecified atom stereocenters. The number of nitrogens with one attached hydrogen (secondary N) is 2. The molecule has 4 aliphatic heterocycles. The second-order valence-electron chi connectivity index (χ2n) is 12.6. The van der Waals surface area contributed by atoms with E-state index in [0.717, 1.165) is 13.8 Å². The molecule has 0 bridgehead atoms. The number of hydrogen-bond acceptors (Lipinski definition) is 21. The summed E-state index contributed by atoms with van der Waals surface area (Å²) in [6.45, 7) is -1.32. The zero-order chi connectivity index (χ0) is 37.9. The highest BCUT2D eigenvalue weighted by atomic mass is 16.8. The highest BCUT2D eigenvalue weighted by molar-refractivity contribution is 5.73. The van der Waals surface area contributed by atoms with E-state index in [9.17, 15) is 70.9 Å². The normalized spacial score (nSPS) is 47.8. The number of aliphatic hydroxyl groups excluding tert-OH is 12. The lowest BCUT2D eigenvalue weighted by Crippen LogP contribution is -2.70. The van der Waals surface area contributed by atoms with Crippen molar-refractivity contribution >= 4 is 11.8 Å². The molecule has 0 spiro atoms. The molecule has 296 valence electrons. The minimum atomic E-state index is -2.06. The van der Waals surface area contributed by atoms with Crippen LogP contribution >= 0.6 is 0 Å². The van der Waals surface area contributed by atoms with Crippen LogP contribution in [-0.4, -0.2) is 222 Å². The number of amides is 2. The van der Waals surface area contributed by atoms with Gasteiger partial charge in [0.25, 0.3) is 0 Å². The van der Waals surface area contributed by atoms with Crippen LogP contribution in [0.5, 0.6) is 0 Å². The van der Waals surface area contributed by atoms with E-state index in [0.29, 0.717) is 0 Å². The Labute approximate surface area is 289 Å². The van der Waals surface area contributed by atoms with Gasteiger partial charge in [-0.15, -0.1) is 0 Å². The van der Waals surface area contributed by atoms with Gasteiger partial charge in [-0.1, -0.05) is 0 Å². The minimum absolute atomic E-state index is 0.694. The Morgan fingerprint density at radius 1 is 0.471 bits per heavy atom. The molecule has 4 rings (SSSR count). The average molecular weight is 749 g/mol. The molecule has 0 aromatic rings. The van der Waals surface area contributed by atoms with E-state index in [1.165, 1.54) is 0 Å². The van der Waals surface area contributed by atoms with Gasteiger partial charge in [0.2, 0.25) is 11.8 Å². The molecule has 14 N–H and O–H groups in total. The molecule has 20 atom stereocenters. The Morgan fingerprint density at radius 2 is 0.843 bits per heavy atom. The fourth-order valence-corrected chi connectivity index (χ4v) is 6.34. The fourth-order valence-electron chi connectivity index (χ4n) is 6.34. The van der Waals surface area contributed by atoms with Gasteiger partial charge < -0.3 is 105 Å². The number of carbonyl (C=O) groups is 2. The summed E-state index contributed by atoms with van der Waals surface area (Å²) in [5.41, 5.74) is 0. The number of ether oxygens (including phenoxy) is 7. The molecule has 4 heterocycles. The van der Waals surface area contributed by atoms with Crippen molar-refractivity contribution in [3.8, 4) is 0 Å². The van der Waals surface area contributed by atoms with E-state index in [1.54, 1.807) is 0 Å². The quantitative estimate of drug-likeness (QED) is 0.0881. The van der Waals surface area contributed by atoms with Crippen LogP contribution < -0.4 is 10.6 Å². The van der Waals surface area contributed by atoms with Crippen molar-refractivity contribution in [2.75, 3.05) is 26.4 Å². The Kier molecular flexibility index (Phi) is 14.8. The smallest absolute Gasteiger partial charge is 0.217 e. The summed E-state index contributed by atoms with van der Waals surface area (Å²) in [5.74, 6) is -1.47. The van der Waals surface area contributed by atoms with E-state index in [4.69, 9.17) is 33.2 Å². The summed E-state index contributed by atoms with van der Waals surface area (Å²) in [6, 6.07) is -3.11. The molecular formula is C28H48N2O21. The standard InChI is InChI=1S/C28H48N2O21/c1-7(35)29-13-22(16(38)10(4-32)45-25(13)44)49-28-21(43)24(18(40)12(6-34)48-28)51-26-14(30-8(2)36)23(17(39)11(5-33)46-26)50-27-20(42)19(41)15(37)9(3-31)47-27/h9-28,31-34,37-44H,3-6H2,1-2H3,(H,29,35)(H,30,36)/t9-,10-,11-,12-,13-,14-,15+,16+,17-,18+,19+,20-,21-,22-,23-,24+,25-,26+,27+,28+/m1/s1. The van der Waals surface area contributed by atoms with Crippen molar-refractivity contribution in [1.82, 2.24) is 10.6 Å². The monoisotopic (exact) mass is 748 g/mol. The lowest BCUT2D eigenvalue weighted by molar-refractivity contribution is -0.375. The third-order valence-corrected chi connectivity index (χ3v) is 9.01.